The molecule has 1 aromatic carbocycles. The average molecular weight is 260 g/mol. The third-order valence-corrected chi connectivity index (χ3v) is 3.91. The molecule has 0 bridgehead atoms. The summed E-state index contributed by atoms with van der Waals surface area (Å²) in [6.07, 6.45) is 0. The molecule has 1 heterocycles. The number of aryl methyl sites for hydroxylation is 3. The van der Waals surface area contributed by atoms with E-state index in [1.807, 2.05) is 26.8 Å². The zero-order valence-corrected chi connectivity index (χ0v) is 11.4. The Hall–Kier alpha value is -1.55. The van der Waals surface area contributed by atoms with E-state index in [4.69, 9.17) is 0 Å². The minimum absolute atomic E-state index is 0.0667. The van der Waals surface area contributed by atoms with Crippen LogP contribution in [0, 0.1) is 20.8 Å². The molecule has 0 amide bonds. The maximum atomic E-state index is 10.5. The second-order valence-corrected chi connectivity index (χ2v) is 5.34. The van der Waals surface area contributed by atoms with Crippen LogP contribution < -0.4 is 5.11 Å². The summed E-state index contributed by atoms with van der Waals surface area (Å²) in [5, 5.41) is 12.3. The minimum atomic E-state index is -1.07. The molecule has 2 rings (SSSR count). The number of carboxylic acid groups (broad SMARTS) is 1. The van der Waals surface area contributed by atoms with Crippen LogP contribution in [0.25, 0.3) is 10.9 Å². The fourth-order valence-electron chi connectivity index (χ4n) is 1.88. The summed E-state index contributed by atoms with van der Waals surface area (Å²) < 4.78 is 0. The van der Waals surface area contributed by atoms with Gasteiger partial charge in [0.15, 0.2) is 0 Å². The molecule has 94 valence electrons. The third-order valence-electron chi connectivity index (χ3n) is 3.03. The van der Waals surface area contributed by atoms with Gasteiger partial charge in [0.05, 0.1) is 16.5 Å². The predicted molar refractivity (Wildman–Crippen MR) is 71.7 cm³/mol. The molecule has 0 saturated heterocycles. The Morgan fingerprint density at radius 2 is 2.00 bits per heavy atom. The van der Waals surface area contributed by atoms with Crippen LogP contribution in [0.15, 0.2) is 23.2 Å². The minimum Gasteiger partial charge on any atom is -0.549 e. The molecule has 0 saturated carbocycles. The van der Waals surface area contributed by atoms with Crippen LogP contribution in [0.4, 0.5) is 0 Å². The Bertz CT molecular complexity index is 623. The highest BCUT2D eigenvalue weighted by Crippen LogP contribution is 2.26. The van der Waals surface area contributed by atoms with Crippen molar-refractivity contribution in [2.45, 2.75) is 25.8 Å². The number of carbonyl (C=O) groups excluding carboxylic acids is 1. The van der Waals surface area contributed by atoms with E-state index in [0.717, 1.165) is 27.1 Å². The molecule has 0 fully saturated rings. The number of pyridine rings is 1. The lowest BCUT2D eigenvalue weighted by molar-refractivity contribution is -0.301. The summed E-state index contributed by atoms with van der Waals surface area (Å²) in [7, 11) is 0. The molecular formula is C14H14NO2S-. The molecule has 0 spiro atoms. The first-order valence-corrected chi connectivity index (χ1v) is 6.68. The molecule has 0 atom stereocenters. The van der Waals surface area contributed by atoms with Gasteiger partial charge in [0.1, 0.15) is 0 Å². The van der Waals surface area contributed by atoms with Crippen molar-refractivity contribution in [2.75, 3.05) is 5.75 Å². The molecule has 18 heavy (non-hydrogen) atoms. The lowest BCUT2D eigenvalue weighted by Crippen LogP contribution is -2.24. The van der Waals surface area contributed by atoms with Crippen molar-refractivity contribution < 1.29 is 9.90 Å². The van der Waals surface area contributed by atoms with Crippen molar-refractivity contribution in [1.29, 1.82) is 0 Å². The summed E-state index contributed by atoms with van der Waals surface area (Å²) in [5.41, 5.74) is 4.41. The summed E-state index contributed by atoms with van der Waals surface area (Å²) in [4.78, 5) is 15.0. The number of thioether (sulfide) groups is 1. The molecule has 0 aliphatic rings. The van der Waals surface area contributed by atoms with Gasteiger partial charge in [0.25, 0.3) is 0 Å². The Balaban J connectivity index is 2.52. The van der Waals surface area contributed by atoms with Crippen LogP contribution in [0.2, 0.25) is 0 Å². The van der Waals surface area contributed by atoms with Crippen molar-refractivity contribution in [1.82, 2.24) is 4.98 Å². The van der Waals surface area contributed by atoms with Gasteiger partial charge in [-0.05, 0) is 43.5 Å². The standard InChI is InChI=1S/C14H15NO2S/c1-8-4-5-11-9(2)6-12(18-7-13(16)17)15-14(11)10(8)3/h4-6H,7H2,1-3H3,(H,16,17)/p-1. The second kappa shape index (κ2) is 4.98. The lowest BCUT2D eigenvalue weighted by Gasteiger charge is -2.10. The van der Waals surface area contributed by atoms with E-state index in [-0.39, 0.29) is 5.75 Å². The number of fused-ring (bicyclic) bond motifs is 1. The van der Waals surface area contributed by atoms with Crippen LogP contribution >= 0.6 is 11.8 Å². The molecule has 2 aromatic rings. The molecule has 0 aliphatic carbocycles. The van der Waals surface area contributed by atoms with Gasteiger partial charge < -0.3 is 9.90 Å². The normalized spacial score (nSPS) is 10.8. The van der Waals surface area contributed by atoms with Gasteiger partial charge in [-0.15, -0.1) is 11.8 Å². The summed E-state index contributed by atoms with van der Waals surface area (Å²) in [6, 6.07) is 6.07. The largest absolute Gasteiger partial charge is 0.549 e. The van der Waals surface area contributed by atoms with Crippen molar-refractivity contribution >= 4 is 28.6 Å². The Morgan fingerprint density at radius 3 is 2.67 bits per heavy atom. The van der Waals surface area contributed by atoms with E-state index in [1.165, 1.54) is 17.3 Å². The number of hydrogen-bond acceptors (Lipinski definition) is 4. The first kappa shape index (κ1) is 12.9. The smallest absolute Gasteiger partial charge is 0.0974 e. The second-order valence-electron chi connectivity index (χ2n) is 4.34. The van der Waals surface area contributed by atoms with Crippen LogP contribution in [-0.4, -0.2) is 16.7 Å². The Kier molecular flexibility index (Phi) is 3.57. The number of nitrogens with zero attached hydrogens (tertiary/aromatic N) is 1. The summed E-state index contributed by atoms with van der Waals surface area (Å²) >= 11 is 1.20. The SMILES string of the molecule is Cc1ccc2c(C)cc(SCC(=O)[O-])nc2c1C. The predicted octanol–water partition coefficient (Wildman–Crippen LogP) is 2.00. The topological polar surface area (TPSA) is 53.0 Å². The molecule has 3 nitrogen and oxygen atoms in total. The summed E-state index contributed by atoms with van der Waals surface area (Å²) in [5.74, 6) is -1.14. The molecule has 0 radical (unpaired) electrons. The van der Waals surface area contributed by atoms with E-state index in [1.54, 1.807) is 0 Å². The summed E-state index contributed by atoms with van der Waals surface area (Å²) in [6.45, 7) is 6.10. The van der Waals surface area contributed by atoms with Gasteiger partial charge in [-0.25, -0.2) is 4.98 Å². The van der Waals surface area contributed by atoms with Crippen LogP contribution in [0.5, 0.6) is 0 Å². The van der Waals surface area contributed by atoms with Crippen molar-refractivity contribution in [2.24, 2.45) is 0 Å². The van der Waals surface area contributed by atoms with Gasteiger partial charge in [-0.1, -0.05) is 12.1 Å². The van der Waals surface area contributed by atoms with Gasteiger partial charge in [0.2, 0.25) is 0 Å². The number of rotatable bonds is 3. The molecule has 4 heteroatoms. The zero-order chi connectivity index (χ0) is 13.3. The average Bonchev–Trinajstić information content (AvgIpc) is 2.32. The van der Waals surface area contributed by atoms with Crippen molar-refractivity contribution in [3.63, 3.8) is 0 Å². The monoisotopic (exact) mass is 260 g/mol. The molecular weight excluding hydrogens is 246 g/mol. The zero-order valence-electron chi connectivity index (χ0n) is 10.6. The van der Waals surface area contributed by atoms with Crippen molar-refractivity contribution in [3.05, 3.63) is 34.9 Å². The highest BCUT2D eigenvalue weighted by molar-refractivity contribution is 7.99. The number of carbonyl (C=O) groups is 1. The highest BCUT2D eigenvalue weighted by atomic mass is 32.2. The van der Waals surface area contributed by atoms with Gasteiger partial charge in [-0.2, -0.15) is 0 Å². The fourth-order valence-corrected chi connectivity index (χ4v) is 2.56. The number of aromatic nitrogens is 1. The van der Waals surface area contributed by atoms with Gasteiger partial charge in [-0.3, -0.25) is 0 Å². The number of hydrogen-bond donors (Lipinski definition) is 0. The molecule has 0 N–H and O–H groups in total. The quantitative estimate of drug-likeness (QED) is 0.792. The van der Waals surface area contributed by atoms with Gasteiger partial charge in [0, 0.05) is 11.1 Å². The lowest BCUT2D eigenvalue weighted by atomic mass is 10.0. The fraction of sp³-hybridized carbons (Fsp3) is 0.286. The Morgan fingerprint density at radius 1 is 1.28 bits per heavy atom. The third kappa shape index (κ3) is 2.48. The molecule has 0 unspecified atom stereocenters. The Labute approximate surface area is 110 Å². The van der Waals surface area contributed by atoms with Gasteiger partial charge >= 0.3 is 0 Å². The van der Waals surface area contributed by atoms with E-state index in [9.17, 15) is 9.90 Å². The van der Waals surface area contributed by atoms with E-state index in [0.29, 0.717) is 0 Å². The van der Waals surface area contributed by atoms with E-state index >= 15 is 0 Å². The molecule has 1 aromatic heterocycles. The van der Waals surface area contributed by atoms with Crippen molar-refractivity contribution in [3.8, 4) is 0 Å². The number of benzene rings is 1. The van der Waals surface area contributed by atoms with Crippen LogP contribution in [0.3, 0.4) is 0 Å². The molecule has 0 aliphatic heterocycles. The maximum Gasteiger partial charge on any atom is 0.0974 e. The number of aliphatic carboxylic acids is 1. The van der Waals surface area contributed by atoms with Crippen LogP contribution in [-0.2, 0) is 4.79 Å². The highest BCUT2D eigenvalue weighted by Gasteiger charge is 2.07. The van der Waals surface area contributed by atoms with E-state index < -0.39 is 5.97 Å². The first-order chi connectivity index (χ1) is 8.49. The number of carboxylic acids is 1. The first-order valence-electron chi connectivity index (χ1n) is 5.69. The van der Waals surface area contributed by atoms with E-state index in [2.05, 4.69) is 17.1 Å². The van der Waals surface area contributed by atoms with Crippen LogP contribution in [0.1, 0.15) is 16.7 Å². The maximum absolute atomic E-state index is 10.5.